The number of carbonyl (C=O) groups excluding carboxylic acids is 1. The van der Waals surface area contributed by atoms with E-state index in [0.717, 1.165) is 18.5 Å². The first-order valence-electron chi connectivity index (χ1n) is 6.17. The Hall–Kier alpha value is -1.33. The lowest BCUT2D eigenvalue weighted by Gasteiger charge is -2.31. The number of likely N-dealkylation sites (tertiary alicyclic amines) is 1. The van der Waals surface area contributed by atoms with Gasteiger partial charge in [-0.05, 0) is 37.1 Å². The molecule has 0 radical (unpaired) electrons. The predicted molar refractivity (Wildman–Crippen MR) is 81.6 cm³/mol. The molecule has 19 heavy (non-hydrogen) atoms. The summed E-state index contributed by atoms with van der Waals surface area (Å²) < 4.78 is 0. The van der Waals surface area contributed by atoms with Crippen LogP contribution in [0.3, 0.4) is 0 Å². The van der Waals surface area contributed by atoms with E-state index in [-0.39, 0.29) is 11.9 Å². The molecule has 2 amide bonds. The van der Waals surface area contributed by atoms with Crippen LogP contribution in [-0.2, 0) is 0 Å². The number of halogens is 1. The van der Waals surface area contributed by atoms with Crippen molar-refractivity contribution in [2.24, 2.45) is 11.7 Å². The number of hydrogen-bond acceptors (Lipinski definition) is 2. The Labute approximate surface area is 122 Å². The maximum atomic E-state index is 12.0. The predicted octanol–water partition coefficient (Wildman–Crippen LogP) is 2.87. The van der Waals surface area contributed by atoms with E-state index in [0.29, 0.717) is 23.1 Å². The Bertz CT molecular complexity index is 469. The molecule has 3 N–H and O–H groups in total. The Morgan fingerprint density at radius 1 is 1.32 bits per heavy atom. The summed E-state index contributed by atoms with van der Waals surface area (Å²) >= 11 is 10.8. The van der Waals surface area contributed by atoms with Gasteiger partial charge in [-0.15, -0.1) is 0 Å². The van der Waals surface area contributed by atoms with Crippen molar-refractivity contribution in [2.45, 2.75) is 12.8 Å². The molecule has 2 rings (SSSR count). The molecule has 102 valence electrons. The summed E-state index contributed by atoms with van der Waals surface area (Å²) in [5.41, 5.74) is 6.37. The van der Waals surface area contributed by atoms with Gasteiger partial charge >= 0.3 is 6.03 Å². The standard InChI is InChI=1S/C13H16ClN3OS/c14-10-1-3-11(4-2-10)16-13(18)17-7-5-9(6-8-17)12(15)19/h1-4,9H,5-8H2,(H2,15,19)(H,16,18). The molecule has 1 aromatic rings. The number of benzene rings is 1. The summed E-state index contributed by atoms with van der Waals surface area (Å²) in [5.74, 6) is 0.259. The third-order valence-corrected chi connectivity index (χ3v) is 3.87. The van der Waals surface area contributed by atoms with Crippen molar-refractivity contribution in [1.82, 2.24) is 4.90 Å². The number of nitrogens with zero attached hydrogens (tertiary/aromatic N) is 1. The number of amides is 2. The van der Waals surface area contributed by atoms with Gasteiger partial charge in [-0.25, -0.2) is 4.79 Å². The maximum Gasteiger partial charge on any atom is 0.321 e. The average Bonchev–Trinajstić information content (AvgIpc) is 2.41. The second-order valence-corrected chi connectivity index (χ2v) is 5.51. The van der Waals surface area contributed by atoms with Crippen LogP contribution in [0, 0.1) is 5.92 Å². The summed E-state index contributed by atoms with van der Waals surface area (Å²) in [5, 5.41) is 3.50. The first-order valence-corrected chi connectivity index (χ1v) is 6.95. The highest BCUT2D eigenvalue weighted by Gasteiger charge is 2.24. The summed E-state index contributed by atoms with van der Waals surface area (Å²) in [4.78, 5) is 14.4. The van der Waals surface area contributed by atoms with E-state index in [1.54, 1.807) is 29.2 Å². The fourth-order valence-electron chi connectivity index (χ4n) is 2.10. The van der Waals surface area contributed by atoms with Gasteiger partial charge in [0.15, 0.2) is 0 Å². The second-order valence-electron chi connectivity index (χ2n) is 4.60. The largest absolute Gasteiger partial charge is 0.393 e. The van der Waals surface area contributed by atoms with Crippen LogP contribution in [0.1, 0.15) is 12.8 Å². The highest BCUT2D eigenvalue weighted by molar-refractivity contribution is 7.80. The fourth-order valence-corrected chi connectivity index (χ4v) is 2.46. The molecule has 0 unspecified atom stereocenters. The van der Waals surface area contributed by atoms with E-state index in [1.165, 1.54) is 0 Å². The molecule has 1 aliphatic heterocycles. The van der Waals surface area contributed by atoms with Crippen LogP contribution in [0.25, 0.3) is 0 Å². The number of nitrogens with one attached hydrogen (secondary N) is 1. The summed E-state index contributed by atoms with van der Waals surface area (Å²) in [6.45, 7) is 1.36. The number of hydrogen-bond donors (Lipinski definition) is 2. The number of nitrogens with two attached hydrogens (primary N) is 1. The normalized spacial score (nSPS) is 16.2. The zero-order chi connectivity index (χ0) is 13.8. The van der Waals surface area contributed by atoms with Gasteiger partial charge in [0.25, 0.3) is 0 Å². The number of rotatable bonds is 2. The Kier molecular flexibility index (Phi) is 4.61. The molecule has 6 heteroatoms. The Morgan fingerprint density at radius 3 is 2.42 bits per heavy atom. The number of thiocarbonyl (C=S) groups is 1. The van der Waals surface area contributed by atoms with Crippen LogP contribution in [0.5, 0.6) is 0 Å². The molecule has 1 saturated heterocycles. The molecule has 0 aliphatic carbocycles. The van der Waals surface area contributed by atoms with Crippen LogP contribution < -0.4 is 11.1 Å². The molecule has 0 atom stereocenters. The van der Waals surface area contributed by atoms with Gasteiger partial charge in [0, 0.05) is 29.7 Å². The van der Waals surface area contributed by atoms with E-state index in [9.17, 15) is 4.79 Å². The van der Waals surface area contributed by atoms with Crippen molar-refractivity contribution in [3.05, 3.63) is 29.3 Å². The van der Waals surface area contributed by atoms with Crippen LogP contribution in [0.2, 0.25) is 5.02 Å². The minimum Gasteiger partial charge on any atom is -0.393 e. The number of urea groups is 1. The lowest BCUT2D eigenvalue weighted by atomic mass is 9.97. The third kappa shape index (κ3) is 3.81. The van der Waals surface area contributed by atoms with Crippen molar-refractivity contribution in [1.29, 1.82) is 0 Å². The highest BCUT2D eigenvalue weighted by atomic mass is 35.5. The van der Waals surface area contributed by atoms with Gasteiger partial charge in [-0.1, -0.05) is 23.8 Å². The van der Waals surface area contributed by atoms with Crippen molar-refractivity contribution in [3.8, 4) is 0 Å². The van der Waals surface area contributed by atoms with Gasteiger partial charge in [0.2, 0.25) is 0 Å². The molecule has 0 aromatic heterocycles. The molecule has 0 spiro atoms. The van der Waals surface area contributed by atoms with E-state index in [1.807, 2.05) is 0 Å². The van der Waals surface area contributed by atoms with Crippen LogP contribution in [0.15, 0.2) is 24.3 Å². The van der Waals surface area contributed by atoms with E-state index in [2.05, 4.69) is 5.32 Å². The molecule has 4 nitrogen and oxygen atoms in total. The lowest BCUT2D eigenvalue weighted by molar-refractivity contribution is 0.193. The van der Waals surface area contributed by atoms with Gasteiger partial charge in [0.05, 0.1) is 4.99 Å². The summed E-state index contributed by atoms with van der Waals surface area (Å²) in [6.07, 6.45) is 1.67. The minimum atomic E-state index is -0.0938. The molecule has 0 bridgehead atoms. The molecule has 1 heterocycles. The van der Waals surface area contributed by atoms with E-state index in [4.69, 9.17) is 29.6 Å². The lowest BCUT2D eigenvalue weighted by Crippen LogP contribution is -2.43. The zero-order valence-corrected chi connectivity index (χ0v) is 12.0. The average molecular weight is 298 g/mol. The first kappa shape index (κ1) is 14.1. The number of anilines is 1. The first-order chi connectivity index (χ1) is 9.06. The topological polar surface area (TPSA) is 58.4 Å². The van der Waals surface area contributed by atoms with Crippen molar-refractivity contribution in [2.75, 3.05) is 18.4 Å². The summed E-state index contributed by atoms with van der Waals surface area (Å²) in [7, 11) is 0. The number of piperidine rings is 1. The Balaban J connectivity index is 1.88. The SMILES string of the molecule is NC(=S)C1CCN(C(=O)Nc2ccc(Cl)cc2)CC1. The molecule has 1 aliphatic rings. The molecule has 1 fully saturated rings. The molecule has 1 aromatic carbocycles. The second kappa shape index (κ2) is 6.21. The van der Waals surface area contributed by atoms with E-state index >= 15 is 0 Å². The zero-order valence-electron chi connectivity index (χ0n) is 10.4. The van der Waals surface area contributed by atoms with Crippen molar-refractivity contribution >= 4 is 40.5 Å². The quantitative estimate of drug-likeness (QED) is 0.825. The minimum absolute atomic E-state index is 0.0938. The monoisotopic (exact) mass is 297 g/mol. The summed E-state index contributed by atoms with van der Waals surface area (Å²) in [6, 6.07) is 6.96. The van der Waals surface area contributed by atoms with Crippen LogP contribution in [0.4, 0.5) is 10.5 Å². The molecular weight excluding hydrogens is 282 g/mol. The van der Waals surface area contributed by atoms with E-state index < -0.39 is 0 Å². The molecular formula is C13H16ClN3OS. The van der Waals surface area contributed by atoms with Crippen LogP contribution in [-0.4, -0.2) is 29.0 Å². The van der Waals surface area contributed by atoms with Crippen LogP contribution >= 0.6 is 23.8 Å². The van der Waals surface area contributed by atoms with Gasteiger partial charge in [-0.3, -0.25) is 0 Å². The smallest absolute Gasteiger partial charge is 0.321 e. The fraction of sp³-hybridized carbons (Fsp3) is 0.385. The van der Waals surface area contributed by atoms with Gasteiger partial charge < -0.3 is 16.0 Å². The molecule has 0 saturated carbocycles. The maximum absolute atomic E-state index is 12.0. The van der Waals surface area contributed by atoms with Crippen molar-refractivity contribution < 1.29 is 4.79 Å². The highest BCUT2D eigenvalue weighted by Crippen LogP contribution is 2.19. The van der Waals surface area contributed by atoms with Crippen molar-refractivity contribution in [3.63, 3.8) is 0 Å². The van der Waals surface area contributed by atoms with Gasteiger partial charge in [-0.2, -0.15) is 0 Å². The Morgan fingerprint density at radius 2 is 1.89 bits per heavy atom. The number of carbonyl (C=O) groups is 1. The third-order valence-electron chi connectivity index (χ3n) is 3.28. The van der Waals surface area contributed by atoms with Gasteiger partial charge in [0.1, 0.15) is 0 Å².